The average Bonchev–Trinajstić information content (AvgIpc) is 3.29. The van der Waals surface area contributed by atoms with Gasteiger partial charge in [0.1, 0.15) is 11.3 Å². The second-order valence-electron chi connectivity index (χ2n) is 8.90. The molecule has 1 heterocycles. The fourth-order valence-corrected chi connectivity index (χ4v) is 4.59. The molecule has 2 aromatic carbocycles. The summed E-state index contributed by atoms with van der Waals surface area (Å²) < 4.78 is 11.0. The summed E-state index contributed by atoms with van der Waals surface area (Å²) in [5, 5.41) is 2.98. The van der Waals surface area contributed by atoms with Gasteiger partial charge in [0, 0.05) is 12.5 Å². The molecule has 0 aliphatic heterocycles. The Morgan fingerprint density at radius 2 is 1.91 bits per heavy atom. The Kier molecular flexibility index (Phi) is 7.76. The lowest BCUT2D eigenvalue weighted by molar-refractivity contribution is -0.122. The molecule has 1 aliphatic carbocycles. The number of amides is 1. The van der Waals surface area contributed by atoms with Crippen LogP contribution >= 0.6 is 0 Å². The number of benzene rings is 2. The number of hydrogen-bond acceptors (Lipinski definition) is 5. The van der Waals surface area contributed by atoms with Gasteiger partial charge in [-0.1, -0.05) is 62.4 Å². The lowest BCUT2D eigenvalue weighted by Crippen LogP contribution is -2.41. The average molecular weight is 449 g/mol. The van der Waals surface area contributed by atoms with Crippen LogP contribution in [0.25, 0.3) is 11.1 Å². The predicted molar refractivity (Wildman–Crippen MR) is 127 cm³/mol. The molecule has 1 saturated carbocycles. The molecule has 3 aromatic rings. The summed E-state index contributed by atoms with van der Waals surface area (Å²) in [5.41, 5.74) is 2.20. The summed E-state index contributed by atoms with van der Waals surface area (Å²) in [6.45, 7) is 0. The van der Waals surface area contributed by atoms with Crippen LogP contribution in [-0.4, -0.2) is 29.8 Å². The quantitative estimate of drug-likeness (QED) is 0.414. The number of methoxy groups -OCH3 is 1. The second kappa shape index (κ2) is 11.1. The summed E-state index contributed by atoms with van der Waals surface area (Å²) >= 11 is 0. The molecule has 1 aromatic heterocycles. The number of ketones is 1. The third-order valence-electron chi connectivity index (χ3n) is 6.53. The molecule has 0 radical (unpaired) electrons. The Bertz CT molecular complexity index is 1070. The van der Waals surface area contributed by atoms with Crippen molar-refractivity contribution in [1.29, 1.82) is 0 Å². The fourth-order valence-electron chi connectivity index (χ4n) is 4.59. The molecule has 6 nitrogen and oxygen atoms in total. The summed E-state index contributed by atoms with van der Waals surface area (Å²) in [6.07, 6.45) is 8.72. The van der Waals surface area contributed by atoms with Gasteiger partial charge in [0.2, 0.25) is 11.7 Å². The first-order chi connectivity index (χ1) is 16.1. The van der Waals surface area contributed by atoms with Crippen LogP contribution in [0.15, 0.2) is 52.9 Å². The van der Waals surface area contributed by atoms with Crippen LogP contribution in [0.3, 0.4) is 0 Å². The smallest absolute Gasteiger partial charge is 0.266 e. The maximum Gasteiger partial charge on any atom is 0.266 e. The van der Waals surface area contributed by atoms with E-state index in [2.05, 4.69) is 10.3 Å². The van der Waals surface area contributed by atoms with Gasteiger partial charge in [-0.2, -0.15) is 0 Å². The molecule has 0 bridgehead atoms. The van der Waals surface area contributed by atoms with Gasteiger partial charge in [-0.05, 0) is 42.9 Å². The lowest BCUT2D eigenvalue weighted by atomic mass is 9.86. The third-order valence-corrected chi connectivity index (χ3v) is 6.53. The van der Waals surface area contributed by atoms with Crippen LogP contribution in [0.4, 0.5) is 0 Å². The second-order valence-corrected chi connectivity index (χ2v) is 8.90. The minimum Gasteiger partial charge on any atom is -0.497 e. The molecular formula is C27H32N2O4. The Labute approximate surface area is 194 Å². The first-order valence-electron chi connectivity index (χ1n) is 11.9. The number of rotatable bonds is 10. The van der Waals surface area contributed by atoms with E-state index in [9.17, 15) is 9.59 Å². The van der Waals surface area contributed by atoms with E-state index < -0.39 is 6.04 Å². The molecule has 1 atom stereocenters. The van der Waals surface area contributed by atoms with Crippen molar-refractivity contribution in [3.8, 4) is 5.75 Å². The van der Waals surface area contributed by atoms with Crippen molar-refractivity contribution in [3.63, 3.8) is 0 Å². The van der Waals surface area contributed by atoms with Crippen LogP contribution in [-0.2, 0) is 11.2 Å². The largest absolute Gasteiger partial charge is 0.497 e. The van der Waals surface area contributed by atoms with Crippen LogP contribution in [0.5, 0.6) is 5.75 Å². The van der Waals surface area contributed by atoms with Crippen molar-refractivity contribution in [3.05, 3.63) is 60.0 Å². The van der Waals surface area contributed by atoms with E-state index >= 15 is 0 Å². The first kappa shape index (κ1) is 23.0. The standard InChI is InChI=1S/C27H32N2O4/c1-32-21-14-16-22-24(18-21)33-27(29-22)26(31)23(15-12-19-8-4-2-5-9-19)28-25(30)17-13-20-10-6-3-7-11-20/h2,4-5,8-9,14,16,18,20,23H,3,6-7,10-13,15,17H2,1H3,(H,28,30)/t23-/m0/s1. The topological polar surface area (TPSA) is 81.4 Å². The molecule has 4 rings (SSSR count). The summed E-state index contributed by atoms with van der Waals surface area (Å²) in [5.74, 6) is 0.894. The normalized spacial score (nSPS) is 15.3. The highest BCUT2D eigenvalue weighted by Crippen LogP contribution is 2.27. The zero-order chi connectivity index (χ0) is 23.0. The molecule has 1 amide bonds. The Balaban J connectivity index is 1.46. The number of hydrogen-bond donors (Lipinski definition) is 1. The van der Waals surface area contributed by atoms with Crippen LogP contribution in [0.2, 0.25) is 0 Å². The van der Waals surface area contributed by atoms with Crippen molar-refractivity contribution >= 4 is 22.8 Å². The van der Waals surface area contributed by atoms with Gasteiger partial charge in [-0.25, -0.2) is 4.98 Å². The van der Waals surface area contributed by atoms with Crippen molar-refractivity contribution < 1.29 is 18.7 Å². The van der Waals surface area contributed by atoms with Gasteiger partial charge in [0.05, 0.1) is 13.2 Å². The lowest BCUT2D eigenvalue weighted by Gasteiger charge is -2.22. The fraction of sp³-hybridized carbons (Fsp3) is 0.444. The van der Waals surface area contributed by atoms with Gasteiger partial charge in [0.25, 0.3) is 5.89 Å². The first-order valence-corrected chi connectivity index (χ1v) is 11.9. The van der Waals surface area contributed by atoms with E-state index in [1.54, 1.807) is 25.3 Å². The summed E-state index contributed by atoms with van der Waals surface area (Å²) in [4.78, 5) is 30.5. The van der Waals surface area contributed by atoms with Gasteiger partial charge in [-0.3, -0.25) is 9.59 Å². The number of aromatic nitrogens is 1. The number of Topliss-reactive ketones (excluding diaryl/α,β-unsaturated/α-hetero) is 1. The van der Waals surface area contributed by atoms with E-state index in [-0.39, 0.29) is 17.6 Å². The Morgan fingerprint density at radius 3 is 2.67 bits per heavy atom. The molecule has 0 spiro atoms. The van der Waals surface area contributed by atoms with Gasteiger partial charge in [0.15, 0.2) is 5.58 Å². The zero-order valence-corrected chi connectivity index (χ0v) is 19.2. The molecule has 1 N–H and O–H groups in total. The molecule has 0 saturated heterocycles. The molecule has 1 fully saturated rings. The maximum atomic E-state index is 13.3. The van der Waals surface area contributed by atoms with Crippen molar-refractivity contribution in [2.24, 2.45) is 5.92 Å². The van der Waals surface area contributed by atoms with E-state index in [0.717, 1.165) is 12.0 Å². The van der Waals surface area contributed by atoms with Crippen molar-refractivity contribution in [1.82, 2.24) is 10.3 Å². The monoisotopic (exact) mass is 448 g/mol. The minimum absolute atomic E-state index is 0.0175. The van der Waals surface area contributed by atoms with E-state index in [0.29, 0.717) is 42.0 Å². The molecule has 6 heteroatoms. The minimum atomic E-state index is -0.681. The number of fused-ring (bicyclic) bond motifs is 1. The molecule has 174 valence electrons. The number of oxazole rings is 1. The van der Waals surface area contributed by atoms with Crippen LogP contribution < -0.4 is 10.1 Å². The highest BCUT2D eigenvalue weighted by atomic mass is 16.5. The van der Waals surface area contributed by atoms with E-state index in [1.807, 2.05) is 30.3 Å². The summed E-state index contributed by atoms with van der Waals surface area (Å²) in [6, 6.07) is 14.5. The third kappa shape index (κ3) is 6.21. The number of nitrogens with one attached hydrogen (secondary N) is 1. The predicted octanol–water partition coefficient (Wildman–Crippen LogP) is 5.50. The number of ether oxygens (including phenoxy) is 1. The highest BCUT2D eigenvalue weighted by Gasteiger charge is 2.27. The number of nitrogens with zero attached hydrogens (tertiary/aromatic N) is 1. The van der Waals surface area contributed by atoms with E-state index in [4.69, 9.17) is 9.15 Å². The highest BCUT2D eigenvalue weighted by molar-refractivity contribution is 6.00. The van der Waals surface area contributed by atoms with Crippen molar-refractivity contribution in [2.45, 2.75) is 63.8 Å². The van der Waals surface area contributed by atoms with Crippen molar-refractivity contribution in [2.75, 3.05) is 7.11 Å². The number of aryl methyl sites for hydroxylation is 1. The van der Waals surface area contributed by atoms with Crippen LogP contribution in [0.1, 0.15) is 67.6 Å². The SMILES string of the molecule is COc1ccc2nc(C(=O)[C@H](CCc3ccccc3)NC(=O)CCC3CCCCC3)oc2c1. The Morgan fingerprint density at radius 1 is 1.12 bits per heavy atom. The summed E-state index contributed by atoms with van der Waals surface area (Å²) in [7, 11) is 1.58. The van der Waals surface area contributed by atoms with Gasteiger partial charge in [-0.15, -0.1) is 0 Å². The molecule has 33 heavy (non-hydrogen) atoms. The van der Waals surface area contributed by atoms with Gasteiger partial charge < -0.3 is 14.5 Å². The number of carbonyl (C=O) groups excluding carboxylic acids is 2. The number of carbonyl (C=O) groups is 2. The molecular weight excluding hydrogens is 416 g/mol. The Hall–Kier alpha value is -3.15. The zero-order valence-electron chi connectivity index (χ0n) is 19.2. The maximum absolute atomic E-state index is 13.3. The molecule has 0 unspecified atom stereocenters. The van der Waals surface area contributed by atoms with E-state index in [1.165, 1.54) is 32.1 Å². The van der Waals surface area contributed by atoms with Crippen LogP contribution in [0, 0.1) is 5.92 Å². The van der Waals surface area contributed by atoms with Gasteiger partial charge >= 0.3 is 0 Å². The molecule has 1 aliphatic rings.